The summed E-state index contributed by atoms with van der Waals surface area (Å²) in [5, 5.41) is 0. The van der Waals surface area contributed by atoms with Gasteiger partial charge in [0.2, 0.25) is 0 Å². The molecule has 1 aliphatic carbocycles. The molecule has 0 atom stereocenters. The second-order valence-corrected chi connectivity index (χ2v) is 5.02. The molecule has 2 nitrogen and oxygen atoms in total. The lowest BCUT2D eigenvalue weighted by atomic mass is 9.76. The third kappa shape index (κ3) is 2.29. The summed E-state index contributed by atoms with van der Waals surface area (Å²) in [7, 11) is 1.48. The smallest absolute Gasteiger partial charge is 0.165 e. The number of aryl methyl sites for hydroxylation is 1. The summed E-state index contributed by atoms with van der Waals surface area (Å²) in [6.07, 6.45) is 5.38. The van der Waals surface area contributed by atoms with Crippen molar-refractivity contribution in [3.05, 3.63) is 29.1 Å². The Morgan fingerprint density at radius 1 is 1.24 bits per heavy atom. The van der Waals surface area contributed by atoms with E-state index in [2.05, 4.69) is 0 Å². The normalized spacial score (nSPS) is 19.1. The molecule has 2 rings (SSSR count). The Kier molecular flexibility index (Phi) is 3.38. The van der Waals surface area contributed by atoms with Gasteiger partial charge in [-0.05, 0) is 43.0 Å². The average Bonchev–Trinajstić information content (AvgIpc) is 2.32. The van der Waals surface area contributed by atoms with E-state index in [9.17, 15) is 4.39 Å². The lowest BCUT2D eigenvalue weighted by Gasteiger charge is -2.35. The number of nitrogens with two attached hydrogens (primary N) is 1. The minimum absolute atomic E-state index is 0.297. The van der Waals surface area contributed by atoms with Crippen molar-refractivity contribution < 1.29 is 9.13 Å². The van der Waals surface area contributed by atoms with Crippen LogP contribution in [0.1, 0.15) is 43.2 Å². The van der Waals surface area contributed by atoms with Crippen molar-refractivity contribution in [3.63, 3.8) is 0 Å². The summed E-state index contributed by atoms with van der Waals surface area (Å²) in [5.74, 6) is -0.0193. The number of hydrogen-bond acceptors (Lipinski definition) is 2. The molecule has 3 heteroatoms. The Hall–Kier alpha value is -1.09. The first-order valence-corrected chi connectivity index (χ1v) is 6.20. The molecule has 0 aromatic heterocycles. The van der Waals surface area contributed by atoms with Gasteiger partial charge in [-0.2, -0.15) is 0 Å². The highest BCUT2D eigenvalue weighted by atomic mass is 19.1. The van der Waals surface area contributed by atoms with E-state index in [0.717, 1.165) is 36.8 Å². The minimum atomic E-state index is -0.352. The number of ether oxygens (including phenoxy) is 1. The Morgan fingerprint density at radius 3 is 2.47 bits per heavy atom. The van der Waals surface area contributed by atoms with Gasteiger partial charge in [0.15, 0.2) is 11.6 Å². The van der Waals surface area contributed by atoms with E-state index in [-0.39, 0.29) is 11.4 Å². The Morgan fingerprint density at radius 2 is 1.88 bits per heavy atom. The zero-order valence-corrected chi connectivity index (χ0v) is 10.6. The molecule has 0 spiro atoms. The molecule has 0 aliphatic heterocycles. The summed E-state index contributed by atoms with van der Waals surface area (Å²) in [5.41, 5.74) is 8.04. The summed E-state index contributed by atoms with van der Waals surface area (Å²) < 4.78 is 18.8. The third-order valence-electron chi connectivity index (χ3n) is 3.78. The summed E-state index contributed by atoms with van der Waals surface area (Å²) in [6.45, 7) is 1.97. The van der Waals surface area contributed by atoms with Gasteiger partial charge in [-0.1, -0.05) is 19.3 Å². The largest absolute Gasteiger partial charge is 0.494 e. The van der Waals surface area contributed by atoms with E-state index < -0.39 is 0 Å². The van der Waals surface area contributed by atoms with Crippen molar-refractivity contribution >= 4 is 0 Å². The van der Waals surface area contributed by atoms with Crippen LogP contribution < -0.4 is 10.5 Å². The predicted molar refractivity (Wildman–Crippen MR) is 66.6 cm³/mol. The van der Waals surface area contributed by atoms with Gasteiger partial charge >= 0.3 is 0 Å². The van der Waals surface area contributed by atoms with Crippen molar-refractivity contribution in [2.75, 3.05) is 7.11 Å². The molecule has 1 fully saturated rings. The van der Waals surface area contributed by atoms with Crippen LogP contribution in [0.3, 0.4) is 0 Å². The highest BCUT2D eigenvalue weighted by Crippen LogP contribution is 2.38. The van der Waals surface area contributed by atoms with Crippen LogP contribution in [-0.2, 0) is 5.54 Å². The molecular formula is C14H20FNO. The molecule has 0 radical (unpaired) electrons. The zero-order valence-electron chi connectivity index (χ0n) is 10.6. The summed E-state index contributed by atoms with van der Waals surface area (Å²) in [6, 6.07) is 3.30. The molecule has 0 saturated heterocycles. The Labute approximate surface area is 102 Å². The molecule has 1 saturated carbocycles. The van der Waals surface area contributed by atoms with E-state index in [1.165, 1.54) is 13.5 Å². The van der Waals surface area contributed by atoms with E-state index >= 15 is 0 Å². The predicted octanol–water partition coefficient (Wildman–Crippen LogP) is 3.26. The SMILES string of the molecule is COc1cc(C)c(C2(N)CCCCC2)cc1F. The third-order valence-corrected chi connectivity index (χ3v) is 3.78. The standard InChI is InChI=1S/C14H20FNO/c1-10-8-13(17-2)12(15)9-11(10)14(16)6-4-3-5-7-14/h8-9H,3-7,16H2,1-2H3. The molecule has 1 aromatic rings. The maximum atomic E-state index is 13.8. The summed E-state index contributed by atoms with van der Waals surface area (Å²) in [4.78, 5) is 0. The zero-order chi connectivity index (χ0) is 12.5. The monoisotopic (exact) mass is 237 g/mol. The number of hydrogen-bond donors (Lipinski definition) is 1. The maximum absolute atomic E-state index is 13.8. The Balaban J connectivity index is 2.41. The van der Waals surface area contributed by atoms with Gasteiger partial charge in [-0.3, -0.25) is 0 Å². The van der Waals surface area contributed by atoms with E-state index in [0.29, 0.717) is 5.75 Å². The van der Waals surface area contributed by atoms with Crippen LogP contribution in [0.5, 0.6) is 5.75 Å². The number of benzene rings is 1. The van der Waals surface area contributed by atoms with Crippen LogP contribution >= 0.6 is 0 Å². The fraction of sp³-hybridized carbons (Fsp3) is 0.571. The molecule has 0 bridgehead atoms. The van der Waals surface area contributed by atoms with Crippen molar-refractivity contribution in [2.45, 2.75) is 44.6 Å². The number of rotatable bonds is 2. The van der Waals surface area contributed by atoms with Crippen molar-refractivity contribution in [1.29, 1.82) is 0 Å². The van der Waals surface area contributed by atoms with Gasteiger partial charge in [0, 0.05) is 5.54 Å². The second kappa shape index (κ2) is 4.65. The highest BCUT2D eigenvalue weighted by molar-refractivity contribution is 5.40. The minimum Gasteiger partial charge on any atom is -0.494 e. The fourth-order valence-electron chi connectivity index (χ4n) is 2.80. The molecule has 17 heavy (non-hydrogen) atoms. The molecule has 0 amide bonds. The van der Waals surface area contributed by atoms with Crippen LogP contribution in [0.15, 0.2) is 12.1 Å². The lowest BCUT2D eigenvalue weighted by Crippen LogP contribution is -2.39. The van der Waals surface area contributed by atoms with Crippen LogP contribution in [-0.4, -0.2) is 7.11 Å². The molecule has 94 valence electrons. The highest BCUT2D eigenvalue weighted by Gasteiger charge is 2.31. The number of halogens is 1. The first-order valence-electron chi connectivity index (χ1n) is 6.20. The topological polar surface area (TPSA) is 35.2 Å². The maximum Gasteiger partial charge on any atom is 0.165 e. The second-order valence-electron chi connectivity index (χ2n) is 5.02. The van der Waals surface area contributed by atoms with Gasteiger partial charge < -0.3 is 10.5 Å². The first-order chi connectivity index (χ1) is 8.07. The average molecular weight is 237 g/mol. The molecule has 0 unspecified atom stereocenters. The van der Waals surface area contributed by atoms with Crippen LogP contribution in [0.4, 0.5) is 4.39 Å². The van der Waals surface area contributed by atoms with E-state index in [1.54, 1.807) is 12.1 Å². The molecule has 2 N–H and O–H groups in total. The molecule has 1 aliphatic rings. The Bertz CT molecular complexity index is 411. The summed E-state index contributed by atoms with van der Waals surface area (Å²) >= 11 is 0. The van der Waals surface area contributed by atoms with Crippen LogP contribution in [0, 0.1) is 12.7 Å². The van der Waals surface area contributed by atoms with Gasteiger partial charge in [0.1, 0.15) is 0 Å². The van der Waals surface area contributed by atoms with Gasteiger partial charge in [0.25, 0.3) is 0 Å². The van der Waals surface area contributed by atoms with E-state index in [1.807, 2.05) is 6.92 Å². The van der Waals surface area contributed by atoms with Gasteiger partial charge in [-0.25, -0.2) is 4.39 Å². The molecular weight excluding hydrogens is 217 g/mol. The van der Waals surface area contributed by atoms with Crippen LogP contribution in [0.2, 0.25) is 0 Å². The van der Waals surface area contributed by atoms with Gasteiger partial charge in [-0.15, -0.1) is 0 Å². The van der Waals surface area contributed by atoms with Crippen LogP contribution in [0.25, 0.3) is 0 Å². The number of methoxy groups -OCH3 is 1. The van der Waals surface area contributed by atoms with Crippen molar-refractivity contribution in [1.82, 2.24) is 0 Å². The van der Waals surface area contributed by atoms with Crippen molar-refractivity contribution in [3.8, 4) is 5.75 Å². The van der Waals surface area contributed by atoms with Crippen molar-refractivity contribution in [2.24, 2.45) is 5.73 Å². The molecule has 0 heterocycles. The quantitative estimate of drug-likeness (QED) is 0.856. The molecule has 1 aromatic carbocycles. The lowest BCUT2D eigenvalue weighted by molar-refractivity contribution is 0.299. The first kappa shape index (κ1) is 12.4. The fourth-order valence-corrected chi connectivity index (χ4v) is 2.80. The van der Waals surface area contributed by atoms with E-state index in [4.69, 9.17) is 10.5 Å². The van der Waals surface area contributed by atoms with Gasteiger partial charge in [0.05, 0.1) is 7.11 Å².